The van der Waals surface area contributed by atoms with E-state index in [1.807, 2.05) is 29.2 Å². The van der Waals surface area contributed by atoms with Gasteiger partial charge in [-0.2, -0.15) is 0 Å². The Kier molecular flexibility index (Phi) is 3.28. The molecule has 0 aliphatic carbocycles. The Balaban J connectivity index is 1.81. The number of hydrogen-bond donors (Lipinski definition) is 0. The number of benzene rings is 2. The summed E-state index contributed by atoms with van der Waals surface area (Å²) in [5.41, 5.74) is 4.47. The highest BCUT2D eigenvalue weighted by molar-refractivity contribution is 6.02. The largest absolute Gasteiger partial charge is 0.491 e. The molecule has 2 aliphatic rings. The van der Waals surface area contributed by atoms with Crippen LogP contribution in [0.4, 0.5) is 17.3 Å². The molecule has 0 spiro atoms. The molecule has 5 nitrogen and oxygen atoms in total. The average molecular weight is 347 g/mol. The molecule has 0 fully saturated rings. The Morgan fingerprint density at radius 3 is 2.85 bits per heavy atom. The van der Waals surface area contributed by atoms with Crippen molar-refractivity contribution in [1.82, 2.24) is 0 Å². The molecule has 0 atom stereocenters. The van der Waals surface area contributed by atoms with Crippen molar-refractivity contribution >= 4 is 23.2 Å². The van der Waals surface area contributed by atoms with Gasteiger partial charge in [0.1, 0.15) is 5.75 Å². The minimum Gasteiger partial charge on any atom is -0.491 e. The number of furan rings is 1. The van der Waals surface area contributed by atoms with Crippen molar-refractivity contribution in [3.05, 3.63) is 65.4 Å². The Hall–Kier alpha value is -3.21. The smallest absolute Gasteiger partial charge is 0.345 e. The van der Waals surface area contributed by atoms with E-state index in [0.717, 1.165) is 24.3 Å². The standard InChI is InChI=1S/C21H17NO4/c1-13-8-9-17(19-14(13)6-4-11-24-19)22-16-7-3-2-5-15(16)21(23)26-18-10-12-25-20(18)22/h2-3,5,7-10,12H,4,6,11H2,1H3. The Morgan fingerprint density at radius 2 is 1.92 bits per heavy atom. The first-order valence-corrected chi connectivity index (χ1v) is 8.68. The number of ether oxygens (including phenoxy) is 2. The molecule has 0 saturated heterocycles. The number of carbonyl (C=O) groups excluding carboxylic acids is 1. The van der Waals surface area contributed by atoms with Crippen LogP contribution in [-0.2, 0) is 6.42 Å². The molecule has 0 N–H and O–H groups in total. The summed E-state index contributed by atoms with van der Waals surface area (Å²) in [7, 11) is 0. The van der Waals surface area contributed by atoms with Crippen LogP contribution >= 0.6 is 0 Å². The molecular weight excluding hydrogens is 330 g/mol. The third-order valence-corrected chi connectivity index (χ3v) is 4.91. The minimum absolute atomic E-state index is 0.396. The Labute approximate surface area is 150 Å². The fourth-order valence-corrected chi connectivity index (χ4v) is 3.66. The number of nitrogens with zero attached hydrogens (tertiary/aromatic N) is 1. The molecule has 5 rings (SSSR count). The van der Waals surface area contributed by atoms with Gasteiger partial charge in [-0.05, 0) is 49.1 Å². The third kappa shape index (κ3) is 2.13. The van der Waals surface area contributed by atoms with Crippen molar-refractivity contribution < 1.29 is 18.7 Å². The van der Waals surface area contributed by atoms with Crippen LogP contribution < -0.4 is 14.4 Å². The van der Waals surface area contributed by atoms with Crippen LogP contribution in [0, 0.1) is 6.92 Å². The second kappa shape index (κ2) is 5.66. The van der Waals surface area contributed by atoms with Gasteiger partial charge < -0.3 is 13.9 Å². The van der Waals surface area contributed by atoms with Gasteiger partial charge in [-0.15, -0.1) is 0 Å². The molecule has 0 unspecified atom stereocenters. The van der Waals surface area contributed by atoms with E-state index in [0.29, 0.717) is 29.5 Å². The Bertz CT molecular complexity index is 1020. The zero-order valence-corrected chi connectivity index (χ0v) is 14.3. The topological polar surface area (TPSA) is 51.9 Å². The molecule has 3 aromatic rings. The molecule has 5 heteroatoms. The summed E-state index contributed by atoms with van der Waals surface area (Å²) in [4.78, 5) is 14.5. The van der Waals surface area contributed by atoms with Gasteiger partial charge in [0.25, 0.3) is 0 Å². The van der Waals surface area contributed by atoms with Crippen LogP contribution in [0.3, 0.4) is 0 Å². The number of hydrogen-bond acceptors (Lipinski definition) is 5. The number of carbonyl (C=O) groups is 1. The van der Waals surface area contributed by atoms with Gasteiger partial charge in [0.05, 0.1) is 29.8 Å². The zero-order valence-electron chi connectivity index (χ0n) is 14.3. The second-order valence-electron chi connectivity index (χ2n) is 6.49. The summed E-state index contributed by atoms with van der Waals surface area (Å²) in [5, 5.41) is 0. The van der Waals surface area contributed by atoms with E-state index in [-0.39, 0.29) is 0 Å². The van der Waals surface area contributed by atoms with E-state index < -0.39 is 5.97 Å². The monoisotopic (exact) mass is 347 g/mol. The van der Waals surface area contributed by atoms with Gasteiger partial charge in [0, 0.05) is 6.07 Å². The van der Waals surface area contributed by atoms with Crippen molar-refractivity contribution in [2.45, 2.75) is 19.8 Å². The fourth-order valence-electron chi connectivity index (χ4n) is 3.66. The van der Waals surface area contributed by atoms with E-state index in [9.17, 15) is 4.79 Å². The first-order valence-electron chi connectivity index (χ1n) is 8.68. The van der Waals surface area contributed by atoms with Crippen molar-refractivity contribution in [3.8, 4) is 11.5 Å². The van der Waals surface area contributed by atoms with Crippen LogP contribution in [-0.4, -0.2) is 12.6 Å². The molecule has 2 aromatic carbocycles. The number of rotatable bonds is 1. The summed E-state index contributed by atoms with van der Waals surface area (Å²) in [6, 6.07) is 13.1. The van der Waals surface area contributed by atoms with E-state index >= 15 is 0 Å². The highest BCUT2D eigenvalue weighted by Gasteiger charge is 2.33. The lowest BCUT2D eigenvalue weighted by molar-refractivity contribution is 0.0738. The first-order chi connectivity index (χ1) is 12.7. The molecule has 3 heterocycles. The van der Waals surface area contributed by atoms with Crippen molar-refractivity contribution in [2.75, 3.05) is 11.5 Å². The van der Waals surface area contributed by atoms with E-state index in [1.54, 1.807) is 12.1 Å². The van der Waals surface area contributed by atoms with Crippen LogP contribution in [0.2, 0.25) is 0 Å². The summed E-state index contributed by atoms with van der Waals surface area (Å²) in [5.74, 6) is 1.33. The third-order valence-electron chi connectivity index (χ3n) is 4.91. The highest BCUT2D eigenvalue weighted by atomic mass is 16.5. The first kappa shape index (κ1) is 15.1. The molecule has 26 heavy (non-hydrogen) atoms. The van der Waals surface area contributed by atoms with Crippen molar-refractivity contribution in [1.29, 1.82) is 0 Å². The second-order valence-corrected chi connectivity index (χ2v) is 6.49. The molecule has 130 valence electrons. The van der Waals surface area contributed by atoms with Crippen molar-refractivity contribution in [3.63, 3.8) is 0 Å². The van der Waals surface area contributed by atoms with Crippen LogP contribution in [0.1, 0.15) is 27.9 Å². The molecule has 0 saturated carbocycles. The van der Waals surface area contributed by atoms with Gasteiger partial charge in [-0.3, -0.25) is 4.90 Å². The highest BCUT2D eigenvalue weighted by Crippen LogP contribution is 2.49. The van der Waals surface area contributed by atoms with Gasteiger partial charge in [-0.25, -0.2) is 4.79 Å². The van der Waals surface area contributed by atoms with Gasteiger partial charge in [0.2, 0.25) is 5.88 Å². The number of fused-ring (bicyclic) bond motifs is 3. The van der Waals surface area contributed by atoms with E-state index in [1.165, 1.54) is 17.4 Å². The molecule has 2 aliphatic heterocycles. The number of aryl methyl sites for hydroxylation is 1. The van der Waals surface area contributed by atoms with Crippen LogP contribution in [0.15, 0.2) is 53.1 Å². The van der Waals surface area contributed by atoms with Gasteiger partial charge >= 0.3 is 5.97 Å². The lowest BCUT2D eigenvalue weighted by Crippen LogP contribution is -2.17. The van der Waals surface area contributed by atoms with Gasteiger partial charge in [0.15, 0.2) is 5.75 Å². The Morgan fingerprint density at radius 1 is 1.04 bits per heavy atom. The molecular formula is C21H17NO4. The summed E-state index contributed by atoms with van der Waals surface area (Å²) in [6.07, 6.45) is 3.51. The molecule has 1 aromatic heterocycles. The minimum atomic E-state index is -0.396. The predicted molar refractivity (Wildman–Crippen MR) is 96.9 cm³/mol. The van der Waals surface area contributed by atoms with E-state index in [2.05, 4.69) is 13.0 Å². The summed E-state index contributed by atoms with van der Waals surface area (Å²) in [6.45, 7) is 2.78. The fraction of sp³-hybridized carbons (Fsp3) is 0.190. The average Bonchev–Trinajstić information content (AvgIpc) is 3.08. The summed E-state index contributed by atoms with van der Waals surface area (Å²) >= 11 is 0. The van der Waals surface area contributed by atoms with Crippen LogP contribution in [0.25, 0.3) is 0 Å². The maximum absolute atomic E-state index is 12.6. The maximum Gasteiger partial charge on any atom is 0.345 e. The van der Waals surface area contributed by atoms with Crippen molar-refractivity contribution in [2.24, 2.45) is 0 Å². The number of para-hydroxylation sites is 1. The quantitative estimate of drug-likeness (QED) is 0.585. The van der Waals surface area contributed by atoms with E-state index in [4.69, 9.17) is 13.9 Å². The normalized spacial score (nSPS) is 15.3. The molecule has 0 radical (unpaired) electrons. The van der Waals surface area contributed by atoms with Gasteiger partial charge in [-0.1, -0.05) is 18.2 Å². The SMILES string of the molecule is Cc1ccc(N2c3ccccc3C(=O)Oc3ccoc32)c2c1CCCO2. The number of anilines is 3. The lowest BCUT2D eigenvalue weighted by atomic mass is 9.99. The molecule has 0 amide bonds. The predicted octanol–water partition coefficient (Wildman–Crippen LogP) is 4.92. The maximum atomic E-state index is 12.6. The zero-order chi connectivity index (χ0) is 17.7. The van der Waals surface area contributed by atoms with Crippen LogP contribution in [0.5, 0.6) is 11.5 Å². The summed E-state index contributed by atoms with van der Waals surface area (Å²) < 4.78 is 17.3. The number of esters is 1. The lowest BCUT2D eigenvalue weighted by Gasteiger charge is -2.28. The molecule has 0 bridgehead atoms.